The average molecular weight is 177 g/mol. The van der Waals surface area contributed by atoms with Crippen LogP contribution >= 0.6 is 11.3 Å². The minimum Gasteiger partial charge on any atom is -0.214 e. The van der Waals surface area contributed by atoms with E-state index in [0.29, 0.717) is 4.21 Å². The summed E-state index contributed by atoms with van der Waals surface area (Å²) in [4.78, 5) is 0. The first-order chi connectivity index (χ1) is 4.67. The Morgan fingerprint density at radius 1 is 1.60 bits per heavy atom. The molecule has 0 saturated heterocycles. The van der Waals surface area contributed by atoms with Gasteiger partial charge >= 0.3 is 0 Å². The summed E-state index contributed by atoms with van der Waals surface area (Å²) in [5.74, 6) is 0. The average Bonchev–Trinajstić information content (AvgIpc) is 2.38. The molecular formula is C5H7NO2S2. The molecule has 1 rings (SSSR count). The van der Waals surface area contributed by atoms with Crippen molar-refractivity contribution in [1.82, 2.24) is 4.72 Å². The predicted octanol–water partition coefficient (Wildman–Crippen LogP) is 0.656. The van der Waals surface area contributed by atoms with E-state index in [2.05, 4.69) is 4.72 Å². The maximum absolute atomic E-state index is 11.0. The van der Waals surface area contributed by atoms with Crippen molar-refractivity contribution in [2.24, 2.45) is 0 Å². The Morgan fingerprint density at radius 2 is 2.30 bits per heavy atom. The molecule has 0 aromatic carbocycles. The molecule has 0 atom stereocenters. The Morgan fingerprint density at radius 3 is 2.70 bits per heavy atom. The molecule has 5 heteroatoms. The molecular weight excluding hydrogens is 170 g/mol. The van der Waals surface area contributed by atoms with E-state index in [-0.39, 0.29) is 0 Å². The third-order valence-electron chi connectivity index (χ3n) is 1.03. The van der Waals surface area contributed by atoms with Crippen molar-refractivity contribution < 1.29 is 8.42 Å². The molecule has 1 heterocycles. The quantitative estimate of drug-likeness (QED) is 0.721. The SMILES string of the molecule is CNS(=O)(=O)c1cccs1. The van der Waals surface area contributed by atoms with Gasteiger partial charge in [-0.1, -0.05) is 6.07 Å². The highest BCUT2D eigenvalue weighted by Crippen LogP contribution is 2.14. The Kier molecular flexibility index (Phi) is 2.08. The molecule has 3 nitrogen and oxygen atoms in total. The summed E-state index contributed by atoms with van der Waals surface area (Å²) in [6, 6.07) is 3.27. The molecule has 0 unspecified atom stereocenters. The highest BCUT2D eigenvalue weighted by Gasteiger charge is 2.10. The number of hydrogen-bond acceptors (Lipinski definition) is 3. The first-order valence-corrected chi connectivity index (χ1v) is 5.00. The molecule has 0 fully saturated rings. The minimum absolute atomic E-state index is 0.356. The first kappa shape index (κ1) is 7.71. The zero-order chi connectivity index (χ0) is 7.61. The third-order valence-corrected chi connectivity index (χ3v) is 3.84. The van der Waals surface area contributed by atoms with Crippen LogP contribution in [0.5, 0.6) is 0 Å². The molecule has 10 heavy (non-hydrogen) atoms. The van der Waals surface area contributed by atoms with E-state index in [1.54, 1.807) is 17.5 Å². The van der Waals surface area contributed by atoms with Crippen LogP contribution in [0.25, 0.3) is 0 Å². The smallest absolute Gasteiger partial charge is 0.214 e. The second-order valence-electron chi connectivity index (χ2n) is 1.64. The lowest BCUT2D eigenvalue weighted by atomic mass is 10.7. The lowest BCUT2D eigenvalue weighted by Gasteiger charge is -1.94. The van der Waals surface area contributed by atoms with Gasteiger partial charge in [0.2, 0.25) is 10.0 Å². The van der Waals surface area contributed by atoms with E-state index in [1.165, 1.54) is 18.4 Å². The van der Waals surface area contributed by atoms with Gasteiger partial charge in [-0.25, -0.2) is 13.1 Å². The number of sulfonamides is 1. The van der Waals surface area contributed by atoms with Gasteiger partial charge in [-0.3, -0.25) is 0 Å². The highest BCUT2D eigenvalue weighted by molar-refractivity contribution is 7.91. The molecule has 0 radical (unpaired) electrons. The predicted molar refractivity (Wildman–Crippen MR) is 40.6 cm³/mol. The Hall–Kier alpha value is -0.390. The van der Waals surface area contributed by atoms with E-state index >= 15 is 0 Å². The summed E-state index contributed by atoms with van der Waals surface area (Å²) in [6.45, 7) is 0. The fraction of sp³-hybridized carbons (Fsp3) is 0.200. The van der Waals surface area contributed by atoms with Gasteiger partial charge in [-0.2, -0.15) is 0 Å². The van der Waals surface area contributed by atoms with E-state index in [0.717, 1.165) is 0 Å². The summed E-state index contributed by atoms with van der Waals surface area (Å²) >= 11 is 1.20. The highest BCUT2D eigenvalue weighted by atomic mass is 32.2. The molecule has 0 spiro atoms. The van der Waals surface area contributed by atoms with Crippen molar-refractivity contribution in [3.8, 4) is 0 Å². The molecule has 0 aliphatic rings. The van der Waals surface area contributed by atoms with Crippen molar-refractivity contribution in [1.29, 1.82) is 0 Å². The topological polar surface area (TPSA) is 46.2 Å². The van der Waals surface area contributed by atoms with Gasteiger partial charge in [0.25, 0.3) is 0 Å². The van der Waals surface area contributed by atoms with Crippen molar-refractivity contribution >= 4 is 21.4 Å². The van der Waals surface area contributed by atoms with Crippen molar-refractivity contribution in [2.45, 2.75) is 4.21 Å². The molecule has 0 saturated carbocycles. The van der Waals surface area contributed by atoms with Gasteiger partial charge in [0.05, 0.1) is 0 Å². The third kappa shape index (κ3) is 1.36. The van der Waals surface area contributed by atoms with E-state index in [1.807, 2.05) is 0 Å². The lowest BCUT2D eigenvalue weighted by Crippen LogP contribution is -2.16. The Labute approximate surface area is 63.7 Å². The van der Waals surface area contributed by atoms with Gasteiger partial charge < -0.3 is 0 Å². The normalized spacial score (nSPS) is 11.7. The van der Waals surface area contributed by atoms with Crippen LogP contribution in [0.15, 0.2) is 21.7 Å². The summed E-state index contributed by atoms with van der Waals surface area (Å²) in [5.41, 5.74) is 0. The van der Waals surface area contributed by atoms with Crippen molar-refractivity contribution in [3.63, 3.8) is 0 Å². The molecule has 0 aliphatic carbocycles. The second-order valence-corrected chi connectivity index (χ2v) is 4.70. The summed E-state index contributed by atoms with van der Waals surface area (Å²) in [6.07, 6.45) is 0. The summed E-state index contributed by atoms with van der Waals surface area (Å²) < 4.78 is 24.5. The maximum Gasteiger partial charge on any atom is 0.249 e. The minimum atomic E-state index is -3.19. The van der Waals surface area contributed by atoms with Gasteiger partial charge in [0.15, 0.2) is 0 Å². The number of thiophene rings is 1. The molecule has 56 valence electrons. The van der Waals surface area contributed by atoms with Gasteiger partial charge in [-0.05, 0) is 18.5 Å². The first-order valence-electron chi connectivity index (χ1n) is 2.64. The number of hydrogen-bond donors (Lipinski definition) is 1. The van der Waals surface area contributed by atoms with Crippen LogP contribution in [-0.4, -0.2) is 15.5 Å². The molecule has 1 N–H and O–H groups in total. The van der Waals surface area contributed by atoms with Crippen LogP contribution in [0, 0.1) is 0 Å². The molecule has 1 aromatic heterocycles. The molecule has 0 amide bonds. The van der Waals surface area contributed by atoms with Crippen LogP contribution in [0.1, 0.15) is 0 Å². The van der Waals surface area contributed by atoms with Crippen molar-refractivity contribution in [2.75, 3.05) is 7.05 Å². The zero-order valence-corrected chi connectivity index (χ0v) is 7.00. The molecule has 0 bridgehead atoms. The standard InChI is InChI=1S/C5H7NO2S2/c1-6-10(7,8)5-3-2-4-9-5/h2-4,6H,1H3. The van der Waals surface area contributed by atoms with Crippen LogP contribution in [0.3, 0.4) is 0 Å². The van der Waals surface area contributed by atoms with E-state index in [4.69, 9.17) is 0 Å². The fourth-order valence-corrected chi connectivity index (χ4v) is 2.35. The summed E-state index contributed by atoms with van der Waals surface area (Å²) in [5, 5.41) is 1.73. The van der Waals surface area contributed by atoms with Crippen LogP contribution in [0.4, 0.5) is 0 Å². The zero-order valence-electron chi connectivity index (χ0n) is 5.37. The number of rotatable bonds is 2. The summed E-state index contributed by atoms with van der Waals surface area (Å²) in [7, 11) is -1.79. The Bertz CT molecular complexity index is 287. The van der Waals surface area contributed by atoms with Crippen LogP contribution in [-0.2, 0) is 10.0 Å². The molecule has 0 aliphatic heterocycles. The fourth-order valence-electron chi connectivity index (χ4n) is 0.517. The van der Waals surface area contributed by atoms with Crippen LogP contribution in [0.2, 0.25) is 0 Å². The lowest BCUT2D eigenvalue weighted by molar-refractivity contribution is 0.590. The number of nitrogens with one attached hydrogen (secondary N) is 1. The van der Waals surface area contributed by atoms with E-state index in [9.17, 15) is 8.42 Å². The second kappa shape index (κ2) is 2.69. The van der Waals surface area contributed by atoms with Crippen molar-refractivity contribution in [3.05, 3.63) is 17.5 Å². The van der Waals surface area contributed by atoms with E-state index < -0.39 is 10.0 Å². The molecule has 1 aromatic rings. The van der Waals surface area contributed by atoms with Gasteiger partial charge in [-0.15, -0.1) is 11.3 Å². The Balaban J connectivity index is 3.09. The largest absolute Gasteiger partial charge is 0.249 e. The van der Waals surface area contributed by atoms with Gasteiger partial charge in [0.1, 0.15) is 4.21 Å². The maximum atomic E-state index is 11.0. The van der Waals surface area contributed by atoms with Gasteiger partial charge in [0, 0.05) is 0 Å². The monoisotopic (exact) mass is 177 g/mol. The van der Waals surface area contributed by atoms with Crippen LogP contribution < -0.4 is 4.72 Å².